The van der Waals surface area contributed by atoms with Gasteiger partial charge in [-0.1, -0.05) is 18.2 Å². The monoisotopic (exact) mass is 430 g/mol. The first kappa shape index (κ1) is 21.0. The maximum Gasteiger partial charge on any atom is 0.243 e. The van der Waals surface area contributed by atoms with E-state index in [0.717, 1.165) is 30.5 Å². The molecule has 1 amide bonds. The average molecular weight is 431 g/mol. The molecular weight excluding hydrogens is 403 g/mol. The lowest BCUT2D eigenvalue weighted by molar-refractivity contribution is -0.126. The molecule has 1 saturated heterocycles. The van der Waals surface area contributed by atoms with Crippen LogP contribution in [0.3, 0.4) is 0 Å². The van der Waals surface area contributed by atoms with E-state index in [1.54, 1.807) is 0 Å². The predicted molar refractivity (Wildman–Crippen MR) is 113 cm³/mol. The first-order chi connectivity index (χ1) is 14.3. The molecule has 1 fully saturated rings. The number of hydrogen-bond donors (Lipinski definition) is 1. The van der Waals surface area contributed by atoms with Crippen molar-refractivity contribution in [3.8, 4) is 0 Å². The maximum atomic E-state index is 13.2. The summed E-state index contributed by atoms with van der Waals surface area (Å²) in [7, 11) is -3.75. The highest BCUT2D eigenvalue weighted by atomic mass is 32.2. The van der Waals surface area contributed by atoms with E-state index in [0.29, 0.717) is 19.4 Å². The SMILES string of the molecule is C[C@H](NC(=O)[C@H]1CCCN(S(=O)(=O)c2ccc(F)cc2)C1)c1ccc2c(c1)CCC2. The van der Waals surface area contributed by atoms with Crippen molar-refractivity contribution < 1.29 is 17.6 Å². The van der Waals surface area contributed by atoms with Gasteiger partial charge in [0.25, 0.3) is 0 Å². The quantitative estimate of drug-likeness (QED) is 0.788. The van der Waals surface area contributed by atoms with Crippen molar-refractivity contribution in [2.75, 3.05) is 13.1 Å². The van der Waals surface area contributed by atoms with Gasteiger partial charge in [0.2, 0.25) is 15.9 Å². The van der Waals surface area contributed by atoms with Crippen molar-refractivity contribution in [2.45, 2.75) is 50.0 Å². The number of aryl methyl sites for hydroxylation is 2. The largest absolute Gasteiger partial charge is 0.349 e. The topological polar surface area (TPSA) is 66.5 Å². The first-order valence-electron chi connectivity index (χ1n) is 10.5. The van der Waals surface area contributed by atoms with Crippen LogP contribution in [0.5, 0.6) is 0 Å². The van der Waals surface area contributed by atoms with E-state index in [2.05, 4.69) is 23.5 Å². The van der Waals surface area contributed by atoms with Gasteiger partial charge in [-0.05, 0) is 80.0 Å². The van der Waals surface area contributed by atoms with Gasteiger partial charge in [-0.25, -0.2) is 12.8 Å². The Balaban J connectivity index is 1.42. The van der Waals surface area contributed by atoms with Crippen LogP contribution in [0.25, 0.3) is 0 Å². The second-order valence-electron chi connectivity index (χ2n) is 8.27. The lowest BCUT2D eigenvalue weighted by atomic mass is 9.97. The molecule has 0 aromatic heterocycles. The third-order valence-corrected chi connectivity index (χ3v) is 8.07. The molecule has 4 rings (SSSR count). The summed E-state index contributed by atoms with van der Waals surface area (Å²) < 4.78 is 40.3. The zero-order valence-corrected chi connectivity index (χ0v) is 17.9. The van der Waals surface area contributed by atoms with Crippen LogP contribution in [0, 0.1) is 11.7 Å². The normalized spacial score (nSPS) is 20.5. The molecule has 30 heavy (non-hydrogen) atoms. The Bertz CT molecular complexity index is 1040. The highest BCUT2D eigenvalue weighted by Gasteiger charge is 2.33. The zero-order chi connectivity index (χ0) is 21.3. The number of nitrogens with one attached hydrogen (secondary N) is 1. The summed E-state index contributed by atoms with van der Waals surface area (Å²) in [5.41, 5.74) is 3.84. The number of carbonyl (C=O) groups is 1. The molecule has 0 spiro atoms. The summed E-state index contributed by atoms with van der Waals surface area (Å²) >= 11 is 0. The molecule has 5 nitrogen and oxygen atoms in total. The van der Waals surface area contributed by atoms with Crippen molar-refractivity contribution >= 4 is 15.9 Å². The van der Waals surface area contributed by atoms with Gasteiger partial charge < -0.3 is 5.32 Å². The summed E-state index contributed by atoms with van der Waals surface area (Å²) in [4.78, 5) is 12.9. The third-order valence-electron chi connectivity index (χ3n) is 6.19. The van der Waals surface area contributed by atoms with E-state index in [9.17, 15) is 17.6 Å². The molecule has 1 aliphatic carbocycles. The molecule has 0 bridgehead atoms. The standard InChI is InChI=1S/C23H27FN2O3S/c1-16(18-8-7-17-4-2-5-19(17)14-18)25-23(27)20-6-3-13-26(15-20)30(28,29)22-11-9-21(24)10-12-22/h7-12,14,16,20H,2-6,13,15H2,1H3,(H,25,27)/t16-,20-/m0/s1. The van der Waals surface area contributed by atoms with Crippen LogP contribution < -0.4 is 5.32 Å². The molecule has 0 radical (unpaired) electrons. The molecule has 0 saturated carbocycles. The van der Waals surface area contributed by atoms with Crippen molar-refractivity contribution in [1.82, 2.24) is 9.62 Å². The minimum atomic E-state index is -3.75. The second-order valence-corrected chi connectivity index (χ2v) is 10.2. The van der Waals surface area contributed by atoms with Crippen LogP contribution in [-0.4, -0.2) is 31.7 Å². The number of sulfonamides is 1. The molecule has 2 aromatic rings. The van der Waals surface area contributed by atoms with E-state index in [4.69, 9.17) is 0 Å². The fourth-order valence-electron chi connectivity index (χ4n) is 4.41. The number of amides is 1. The van der Waals surface area contributed by atoms with Crippen LogP contribution in [0.4, 0.5) is 4.39 Å². The van der Waals surface area contributed by atoms with Gasteiger partial charge in [0.1, 0.15) is 5.82 Å². The third kappa shape index (κ3) is 4.27. The van der Waals surface area contributed by atoms with E-state index in [1.807, 2.05) is 6.92 Å². The number of hydrogen-bond acceptors (Lipinski definition) is 3. The summed E-state index contributed by atoms with van der Waals surface area (Å²) in [6, 6.07) is 11.1. The highest BCUT2D eigenvalue weighted by Crippen LogP contribution is 2.27. The van der Waals surface area contributed by atoms with E-state index in [-0.39, 0.29) is 23.4 Å². The Morgan fingerprint density at radius 1 is 1.10 bits per heavy atom. The molecular formula is C23H27FN2O3S. The summed E-state index contributed by atoms with van der Waals surface area (Å²) in [5.74, 6) is -1.00. The Morgan fingerprint density at radius 3 is 2.60 bits per heavy atom. The zero-order valence-electron chi connectivity index (χ0n) is 17.1. The maximum absolute atomic E-state index is 13.2. The highest BCUT2D eigenvalue weighted by molar-refractivity contribution is 7.89. The van der Waals surface area contributed by atoms with Crippen LogP contribution >= 0.6 is 0 Å². The Hall–Kier alpha value is -2.25. The van der Waals surface area contributed by atoms with E-state index in [1.165, 1.54) is 34.0 Å². The van der Waals surface area contributed by atoms with Crippen LogP contribution in [0.1, 0.15) is 48.9 Å². The Labute approximate surface area is 177 Å². The first-order valence-corrected chi connectivity index (χ1v) is 12.0. The summed E-state index contributed by atoms with van der Waals surface area (Å²) in [6.07, 6.45) is 4.66. The molecule has 2 atom stereocenters. The molecule has 1 aliphatic heterocycles. The molecule has 160 valence electrons. The van der Waals surface area contributed by atoms with Gasteiger partial charge in [-0.2, -0.15) is 4.31 Å². The molecule has 0 unspecified atom stereocenters. The van der Waals surface area contributed by atoms with Crippen molar-refractivity contribution in [3.63, 3.8) is 0 Å². The number of nitrogens with zero attached hydrogens (tertiary/aromatic N) is 1. The number of benzene rings is 2. The molecule has 2 aromatic carbocycles. The fraction of sp³-hybridized carbons (Fsp3) is 0.435. The van der Waals surface area contributed by atoms with Crippen LogP contribution in [0.15, 0.2) is 47.4 Å². The van der Waals surface area contributed by atoms with Crippen molar-refractivity contribution in [2.24, 2.45) is 5.92 Å². The van der Waals surface area contributed by atoms with Gasteiger partial charge in [-0.15, -0.1) is 0 Å². The van der Waals surface area contributed by atoms with Crippen LogP contribution in [0.2, 0.25) is 0 Å². The van der Waals surface area contributed by atoms with Crippen molar-refractivity contribution in [1.29, 1.82) is 0 Å². The number of carbonyl (C=O) groups excluding carboxylic acids is 1. The van der Waals surface area contributed by atoms with E-state index >= 15 is 0 Å². The van der Waals surface area contributed by atoms with Gasteiger partial charge >= 0.3 is 0 Å². The minimum absolute atomic E-state index is 0.0523. The van der Waals surface area contributed by atoms with Gasteiger partial charge in [0.05, 0.1) is 16.9 Å². The number of piperidine rings is 1. The predicted octanol–water partition coefficient (Wildman–Crippen LogP) is 3.59. The lowest BCUT2D eigenvalue weighted by Crippen LogP contribution is -2.45. The van der Waals surface area contributed by atoms with E-state index < -0.39 is 21.8 Å². The lowest BCUT2D eigenvalue weighted by Gasteiger charge is -2.32. The van der Waals surface area contributed by atoms with Crippen molar-refractivity contribution in [3.05, 3.63) is 65.0 Å². The number of fused-ring (bicyclic) bond motifs is 1. The molecule has 2 aliphatic rings. The average Bonchev–Trinajstić information content (AvgIpc) is 3.22. The van der Waals surface area contributed by atoms with Crippen LogP contribution in [-0.2, 0) is 27.7 Å². The molecule has 1 heterocycles. The Morgan fingerprint density at radius 2 is 1.83 bits per heavy atom. The minimum Gasteiger partial charge on any atom is -0.349 e. The summed E-state index contributed by atoms with van der Waals surface area (Å²) in [5, 5.41) is 3.07. The Kier molecular flexibility index (Phi) is 5.93. The second kappa shape index (κ2) is 8.47. The molecule has 7 heteroatoms. The smallest absolute Gasteiger partial charge is 0.243 e. The number of halogens is 1. The van der Waals surface area contributed by atoms with Gasteiger partial charge in [0.15, 0.2) is 0 Å². The fourth-order valence-corrected chi connectivity index (χ4v) is 5.93. The van der Waals surface area contributed by atoms with Gasteiger partial charge in [0, 0.05) is 13.1 Å². The summed E-state index contributed by atoms with van der Waals surface area (Å²) in [6.45, 7) is 2.47. The number of rotatable bonds is 5. The molecule has 1 N–H and O–H groups in total. The van der Waals surface area contributed by atoms with Gasteiger partial charge in [-0.3, -0.25) is 4.79 Å².